The van der Waals surface area contributed by atoms with Crippen molar-refractivity contribution in [1.29, 1.82) is 0 Å². The number of ether oxygens (including phenoxy) is 3. The highest BCUT2D eigenvalue weighted by molar-refractivity contribution is 7.90. The Bertz CT molecular complexity index is 2530. The zero-order valence-corrected chi connectivity index (χ0v) is 35.4. The molecule has 0 aliphatic carbocycles. The van der Waals surface area contributed by atoms with Crippen molar-refractivity contribution in [1.82, 2.24) is 29.0 Å². The molecule has 1 aliphatic heterocycles. The molecule has 0 bridgehead atoms. The number of urea groups is 1. The van der Waals surface area contributed by atoms with Crippen molar-refractivity contribution in [2.75, 3.05) is 24.8 Å². The van der Waals surface area contributed by atoms with Gasteiger partial charge in [0.1, 0.15) is 29.1 Å². The van der Waals surface area contributed by atoms with E-state index in [0.29, 0.717) is 34.1 Å². The van der Waals surface area contributed by atoms with Gasteiger partial charge >= 0.3 is 36.9 Å². The average Bonchev–Trinajstić information content (AvgIpc) is 3.51. The maximum absolute atomic E-state index is 12.5. The van der Waals surface area contributed by atoms with Crippen LogP contribution in [-0.2, 0) is 32.3 Å². The number of alkyl halides is 4. The molecular formula is C34H35Cl2F4N8O13PS. The number of fused-ring (bicyclic) bond motifs is 1. The summed E-state index contributed by atoms with van der Waals surface area (Å²) in [5, 5.41) is 24.1. The molecule has 0 saturated heterocycles. The molecule has 3 heterocycles. The summed E-state index contributed by atoms with van der Waals surface area (Å²) < 4.78 is 102. The van der Waals surface area contributed by atoms with Crippen molar-refractivity contribution < 1.29 is 74.2 Å². The molecule has 2 atom stereocenters. The number of carbonyl (C=O) groups excluding carboxylic acids is 1. The zero-order chi connectivity index (χ0) is 47.2. The number of benzene rings is 2. The Morgan fingerprint density at radius 1 is 1.03 bits per heavy atom. The summed E-state index contributed by atoms with van der Waals surface area (Å²) in [7, 11) is -7.82. The number of nitrogens with two attached hydrogens (primary N) is 1. The summed E-state index contributed by atoms with van der Waals surface area (Å²) in [6.07, 6.45) is 7.97. The number of amides is 2. The number of sulfonamides is 1. The fourth-order valence-electron chi connectivity index (χ4n) is 4.91. The topological polar surface area (TPSA) is 306 Å². The molecule has 2 amide bonds. The lowest BCUT2D eigenvalue weighted by atomic mass is 10.2. The lowest BCUT2D eigenvalue weighted by Crippen LogP contribution is -2.35. The van der Waals surface area contributed by atoms with E-state index in [1.54, 1.807) is 16.0 Å². The van der Waals surface area contributed by atoms with Crippen LogP contribution in [0, 0.1) is 12.3 Å². The van der Waals surface area contributed by atoms with E-state index in [1.807, 2.05) is 0 Å². The zero-order valence-electron chi connectivity index (χ0n) is 32.2. The first-order valence-corrected chi connectivity index (χ1v) is 21.9. The molecule has 2 aromatic heterocycles. The smallest absolute Gasteiger partial charge is 0.388 e. The number of aryl methyl sites for hydroxylation is 1. The third-order valence-electron chi connectivity index (χ3n) is 7.64. The Hall–Kier alpha value is -5.97. The summed E-state index contributed by atoms with van der Waals surface area (Å²) in [6, 6.07) is 5.30. The number of rotatable bonds is 15. The maximum Gasteiger partial charge on any atom is 0.388 e. The van der Waals surface area contributed by atoms with Crippen molar-refractivity contribution in [2.45, 2.75) is 56.4 Å². The third kappa shape index (κ3) is 16.0. The van der Waals surface area contributed by atoms with Gasteiger partial charge in [0, 0.05) is 31.9 Å². The van der Waals surface area contributed by atoms with Crippen molar-refractivity contribution in [2.24, 2.45) is 5.73 Å². The number of aromatic carboxylic acids is 1. The van der Waals surface area contributed by atoms with Crippen LogP contribution < -0.4 is 35.7 Å². The monoisotopic (exact) mass is 972 g/mol. The SMILES string of the molecule is C#CCOc1cc(-n2nc3n(c2=O)CCCC3)c(Cl)cc1Cl.CP(=O)(O)CCC(N)C(=O)O.O=C(Nc1nc(OC(F)F)cc(OC(F)F)n1)NS(=O)(=O)c1ccccc1C(=O)O. The summed E-state index contributed by atoms with van der Waals surface area (Å²) in [6.45, 7) is -4.88. The third-order valence-corrected chi connectivity index (χ3v) is 10.7. The fraction of sp³-hybridized carbons (Fsp3) is 0.324. The van der Waals surface area contributed by atoms with Crippen LogP contribution in [0.15, 0.2) is 52.2 Å². The van der Waals surface area contributed by atoms with Gasteiger partial charge in [0.05, 0.1) is 27.4 Å². The van der Waals surface area contributed by atoms with Gasteiger partial charge < -0.3 is 35.1 Å². The quantitative estimate of drug-likeness (QED) is 0.0551. The highest BCUT2D eigenvalue weighted by Gasteiger charge is 2.25. The molecule has 2 unspecified atom stereocenters. The normalized spacial score (nSPS) is 13.4. The molecule has 0 fully saturated rings. The van der Waals surface area contributed by atoms with Crippen molar-refractivity contribution >= 4 is 64.5 Å². The second-order valence-electron chi connectivity index (χ2n) is 12.4. The van der Waals surface area contributed by atoms with Crippen molar-refractivity contribution in [3.05, 3.63) is 74.4 Å². The molecule has 0 radical (unpaired) electrons. The minimum absolute atomic E-state index is 0.0412. The molecule has 2 aromatic carbocycles. The van der Waals surface area contributed by atoms with Gasteiger partial charge in [0.2, 0.25) is 17.7 Å². The first kappa shape index (κ1) is 51.4. The average molecular weight is 974 g/mol. The van der Waals surface area contributed by atoms with Gasteiger partial charge in [-0.25, -0.2) is 27.5 Å². The Labute approximate surface area is 363 Å². The van der Waals surface area contributed by atoms with Crippen molar-refractivity contribution in [3.8, 4) is 35.5 Å². The van der Waals surface area contributed by atoms with Crippen LogP contribution in [0.4, 0.5) is 28.3 Å². The molecule has 5 rings (SSSR count). The van der Waals surface area contributed by atoms with Gasteiger partial charge in [0.25, 0.3) is 10.0 Å². The molecule has 0 spiro atoms. The first-order valence-electron chi connectivity index (χ1n) is 17.4. The highest BCUT2D eigenvalue weighted by Crippen LogP contribution is 2.36. The Balaban J connectivity index is 0.000000279. The minimum Gasteiger partial charge on any atom is -0.480 e. The highest BCUT2D eigenvalue weighted by atomic mass is 35.5. The number of nitrogens with zero attached hydrogens (tertiary/aromatic N) is 5. The van der Waals surface area contributed by atoms with E-state index in [2.05, 4.69) is 30.5 Å². The van der Waals surface area contributed by atoms with Crippen LogP contribution in [-0.4, -0.2) is 105 Å². The molecule has 0 saturated carbocycles. The van der Waals surface area contributed by atoms with Crippen molar-refractivity contribution in [3.63, 3.8) is 0 Å². The van der Waals surface area contributed by atoms with Gasteiger partial charge in [-0.05, 0) is 37.5 Å². The van der Waals surface area contributed by atoms with E-state index in [4.69, 9.17) is 55.2 Å². The summed E-state index contributed by atoms with van der Waals surface area (Å²) in [5.41, 5.74) is 4.68. The second-order valence-corrected chi connectivity index (χ2v) is 17.5. The number of aliphatic carboxylic acids is 1. The van der Waals surface area contributed by atoms with Crippen LogP contribution in [0.25, 0.3) is 5.69 Å². The molecule has 1 aliphatic rings. The molecule has 21 nitrogen and oxygen atoms in total. The van der Waals surface area contributed by atoms with Crippen LogP contribution in [0.2, 0.25) is 10.0 Å². The standard InChI is InChI=1S/C15H13Cl2N3O2.C14H10F4N4O7S.C5H12NO4P/c1-2-7-22-13-9-12(10(16)8-11(13)17)20-15(21)19-6-4-3-5-14(19)18-20;15-11(16)28-8-5-9(29-12(17)18)20-13(19-8)21-14(25)22-30(26,27)7-4-2-1-3-6(7)10(23)24;1-11(9,10)3-2-4(6)5(7)8/h1,8-9H,3-7H2;1-5,11-12H,(H,23,24)(H2,19,20,21,22,25);4H,2-3,6H2,1H3,(H,7,8)(H,9,10). The van der Waals surface area contributed by atoms with E-state index in [1.165, 1.54) is 34.3 Å². The second kappa shape index (κ2) is 22.9. The van der Waals surface area contributed by atoms with Gasteiger partial charge in [-0.1, -0.05) is 41.3 Å². The number of aromatic nitrogens is 5. The predicted octanol–water partition coefficient (Wildman–Crippen LogP) is 4.27. The van der Waals surface area contributed by atoms with E-state index in [9.17, 15) is 49.7 Å². The number of terminal acetylenes is 1. The first-order chi connectivity index (χ1) is 29.4. The Kier molecular flexibility index (Phi) is 18.7. The van der Waals surface area contributed by atoms with Gasteiger partial charge in [-0.2, -0.15) is 32.2 Å². The molecular weight excluding hydrogens is 938 g/mol. The van der Waals surface area contributed by atoms with Gasteiger partial charge in [-0.3, -0.25) is 19.2 Å². The Morgan fingerprint density at radius 2 is 1.65 bits per heavy atom. The van der Waals surface area contributed by atoms with Gasteiger partial charge in [-0.15, -0.1) is 11.5 Å². The molecule has 342 valence electrons. The van der Waals surface area contributed by atoms with Crippen LogP contribution >= 0.6 is 30.6 Å². The maximum atomic E-state index is 12.5. The summed E-state index contributed by atoms with van der Waals surface area (Å²) >= 11 is 12.3. The van der Waals surface area contributed by atoms with E-state index in [-0.39, 0.29) is 24.9 Å². The predicted molar refractivity (Wildman–Crippen MR) is 214 cm³/mol. The molecule has 29 heteroatoms. The molecule has 63 heavy (non-hydrogen) atoms. The van der Waals surface area contributed by atoms with E-state index < -0.39 is 82.8 Å². The minimum atomic E-state index is -4.71. The Morgan fingerprint density at radius 3 is 2.19 bits per heavy atom. The number of carboxylic acid groups (broad SMARTS) is 2. The van der Waals surface area contributed by atoms with E-state index >= 15 is 0 Å². The number of carbonyl (C=O) groups is 3. The van der Waals surface area contributed by atoms with Crippen LogP contribution in [0.1, 0.15) is 35.4 Å². The summed E-state index contributed by atoms with van der Waals surface area (Å²) in [5.74, 6) is -2.09. The number of halogens is 6. The summed E-state index contributed by atoms with van der Waals surface area (Å²) in [4.78, 5) is 60.2. The number of anilines is 1. The van der Waals surface area contributed by atoms with E-state index in [0.717, 1.165) is 37.2 Å². The largest absolute Gasteiger partial charge is 0.480 e. The number of carboxylic acids is 2. The van der Waals surface area contributed by atoms with Gasteiger partial charge in [0.15, 0.2) is 7.37 Å². The van der Waals surface area contributed by atoms with Crippen LogP contribution in [0.3, 0.4) is 0 Å². The molecule has 7 N–H and O–H groups in total. The van der Waals surface area contributed by atoms with Crippen LogP contribution in [0.5, 0.6) is 17.5 Å². The lowest BCUT2D eigenvalue weighted by molar-refractivity contribution is -0.138. The number of hydrogen-bond donors (Lipinski definition) is 6. The lowest BCUT2D eigenvalue weighted by Gasteiger charge is -2.11. The molecule has 4 aromatic rings. The number of hydrogen-bond acceptors (Lipinski definition) is 14. The fourth-order valence-corrected chi connectivity index (χ4v) is 7.30. The number of nitrogens with one attached hydrogen (secondary N) is 2.